The smallest absolute Gasteiger partial charge is 0.0563 e. The summed E-state index contributed by atoms with van der Waals surface area (Å²) in [4.78, 5) is 0. The summed E-state index contributed by atoms with van der Waals surface area (Å²) in [6, 6.07) is 0. The van der Waals surface area contributed by atoms with Crippen LogP contribution in [0, 0.1) is 16.2 Å². The first-order valence-electron chi connectivity index (χ1n) is 6.47. The number of aliphatic hydroxyl groups is 1. The largest absolute Gasteiger partial charge is 0.393 e. The van der Waals surface area contributed by atoms with E-state index in [2.05, 4.69) is 46.8 Å². The van der Waals surface area contributed by atoms with E-state index in [9.17, 15) is 5.11 Å². The number of hydrogen-bond acceptors (Lipinski definition) is 1. The average Bonchev–Trinajstić information content (AvgIpc) is 2.39. The zero-order valence-corrected chi connectivity index (χ0v) is 11.8. The van der Waals surface area contributed by atoms with Crippen molar-refractivity contribution in [2.45, 2.75) is 66.9 Å². The van der Waals surface area contributed by atoms with Gasteiger partial charge < -0.3 is 5.11 Å². The Kier molecular flexibility index (Phi) is 3.59. The zero-order chi connectivity index (χ0) is 12.6. The minimum atomic E-state index is -0.228. The topological polar surface area (TPSA) is 20.2 Å². The molecule has 94 valence electrons. The molecule has 0 aromatic heterocycles. The van der Waals surface area contributed by atoms with Crippen molar-refractivity contribution < 1.29 is 5.11 Å². The number of rotatable bonds is 4. The number of allylic oxidation sites excluding steroid dienone is 2. The molecule has 1 nitrogen and oxygen atoms in total. The highest BCUT2D eigenvalue weighted by molar-refractivity contribution is 5.13. The van der Waals surface area contributed by atoms with E-state index < -0.39 is 0 Å². The van der Waals surface area contributed by atoms with E-state index in [4.69, 9.17) is 0 Å². The standard InChI is InChI=1S/C15H28O/c1-12(16)13(2,3)10-11-15(6)9-7-8-14(15,4)5/h7-8,12,16H,9-11H2,1-6H3. The zero-order valence-electron chi connectivity index (χ0n) is 11.8. The van der Waals surface area contributed by atoms with Crippen LogP contribution in [-0.2, 0) is 0 Å². The van der Waals surface area contributed by atoms with E-state index in [1.54, 1.807) is 0 Å². The van der Waals surface area contributed by atoms with Gasteiger partial charge in [-0.2, -0.15) is 0 Å². The van der Waals surface area contributed by atoms with E-state index in [-0.39, 0.29) is 11.5 Å². The molecule has 0 aromatic rings. The molecule has 2 atom stereocenters. The Morgan fingerprint density at radius 2 is 1.88 bits per heavy atom. The van der Waals surface area contributed by atoms with Crippen molar-refractivity contribution in [2.24, 2.45) is 16.2 Å². The second-order valence-electron chi connectivity index (χ2n) is 7.05. The Morgan fingerprint density at radius 1 is 1.31 bits per heavy atom. The van der Waals surface area contributed by atoms with Crippen molar-refractivity contribution in [2.75, 3.05) is 0 Å². The van der Waals surface area contributed by atoms with Gasteiger partial charge in [0.2, 0.25) is 0 Å². The summed E-state index contributed by atoms with van der Waals surface area (Å²) in [6.07, 6.45) is 7.89. The van der Waals surface area contributed by atoms with Crippen molar-refractivity contribution in [1.29, 1.82) is 0 Å². The minimum Gasteiger partial charge on any atom is -0.393 e. The maximum atomic E-state index is 9.75. The molecule has 0 spiro atoms. The molecule has 0 amide bonds. The third-order valence-corrected chi connectivity index (χ3v) is 5.11. The van der Waals surface area contributed by atoms with E-state index in [0.717, 1.165) is 6.42 Å². The van der Waals surface area contributed by atoms with E-state index in [1.165, 1.54) is 12.8 Å². The minimum absolute atomic E-state index is 0.0294. The summed E-state index contributed by atoms with van der Waals surface area (Å²) in [5.41, 5.74) is 0.683. The Bertz CT molecular complexity index is 273. The third kappa shape index (κ3) is 2.51. The summed E-state index contributed by atoms with van der Waals surface area (Å²) < 4.78 is 0. The predicted octanol–water partition coefficient (Wildman–Crippen LogP) is 4.17. The highest BCUT2D eigenvalue weighted by atomic mass is 16.3. The van der Waals surface area contributed by atoms with Gasteiger partial charge in [-0.3, -0.25) is 0 Å². The Hall–Kier alpha value is -0.300. The van der Waals surface area contributed by atoms with Gasteiger partial charge in [0.1, 0.15) is 0 Å². The first-order chi connectivity index (χ1) is 7.11. The Labute approximate surface area is 101 Å². The van der Waals surface area contributed by atoms with Gasteiger partial charge in [0.05, 0.1) is 6.10 Å². The lowest BCUT2D eigenvalue weighted by molar-refractivity contribution is 0.0364. The van der Waals surface area contributed by atoms with Crippen molar-refractivity contribution >= 4 is 0 Å². The van der Waals surface area contributed by atoms with Crippen molar-refractivity contribution in [3.63, 3.8) is 0 Å². The summed E-state index contributed by atoms with van der Waals surface area (Å²) >= 11 is 0. The van der Waals surface area contributed by atoms with Crippen LogP contribution in [0.1, 0.15) is 60.8 Å². The fourth-order valence-corrected chi connectivity index (χ4v) is 2.31. The van der Waals surface area contributed by atoms with Crippen LogP contribution in [0.4, 0.5) is 0 Å². The van der Waals surface area contributed by atoms with Crippen LogP contribution in [0.5, 0.6) is 0 Å². The molecule has 1 N–H and O–H groups in total. The van der Waals surface area contributed by atoms with E-state index >= 15 is 0 Å². The molecule has 0 fully saturated rings. The summed E-state index contributed by atoms with van der Waals surface area (Å²) in [5.74, 6) is 0. The van der Waals surface area contributed by atoms with Crippen LogP contribution in [-0.4, -0.2) is 11.2 Å². The monoisotopic (exact) mass is 224 g/mol. The maximum Gasteiger partial charge on any atom is 0.0563 e. The lowest BCUT2D eigenvalue weighted by atomic mass is 9.64. The van der Waals surface area contributed by atoms with Crippen molar-refractivity contribution in [3.05, 3.63) is 12.2 Å². The van der Waals surface area contributed by atoms with Crippen LogP contribution in [0.25, 0.3) is 0 Å². The first kappa shape index (κ1) is 13.8. The molecule has 1 aliphatic carbocycles. The molecule has 0 saturated heterocycles. The highest BCUT2D eigenvalue weighted by Crippen LogP contribution is 2.52. The van der Waals surface area contributed by atoms with Crippen LogP contribution in [0.15, 0.2) is 12.2 Å². The fraction of sp³-hybridized carbons (Fsp3) is 0.867. The molecule has 2 unspecified atom stereocenters. The van der Waals surface area contributed by atoms with Gasteiger partial charge in [0.15, 0.2) is 0 Å². The van der Waals surface area contributed by atoms with Crippen molar-refractivity contribution in [3.8, 4) is 0 Å². The number of aliphatic hydroxyl groups excluding tert-OH is 1. The SMILES string of the molecule is CC(O)C(C)(C)CCC1(C)CC=CC1(C)C. The van der Waals surface area contributed by atoms with Gasteiger partial charge in [0.25, 0.3) is 0 Å². The molecule has 0 bridgehead atoms. The third-order valence-electron chi connectivity index (χ3n) is 5.11. The quantitative estimate of drug-likeness (QED) is 0.711. The molecule has 1 heteroatoms. The normalized spacial score (nSPS) is 30.7. The van der Waals surface area contributed by atoms with Crippen molar-refractivity contribution in [1.82, 2.24) is 0 Å². The second-order valence-corrected chi connectivity index (χ2v) is 7.05. The molecule has 1 aliphatic rings. The summed E-state index contributed by atoms with van der Waals surface area (Å²) in [5, 5.41) is 9.75. The van der Waals surface area contributed by atoms with Gasteiger partial charge in [-0.15, -0.1) is 0 Å². The molecule has 0 saturated carbocycles. The molecule has 0 radical (unpaired) electrons. The van der Waals surface area contributed by atoms with E-state index in [0.29, 0.717) is 10.8 Å². The molecule has 0 heterocycles. The highest BCUT2D eigenvalue weighted by Gasteiger charge is 2.42. The molecule has 0 aromatic carbocycles. The number of hydrogen-bond donors (Lipinski definition) is 1. The van der Waals surface area contributed by atoms with Crippen LogP contribution in [0.3, 0.4) is 0 Å². The van der Waals surface area contributed by atoms with Gasteiger partial charge in [-0.05, 0) is 42.4 Å². The molecular formula is C15H28O. The van der Waals surface area contributed by atoms with Crippen LogP contribution >= 0.6 is 0 Å². The van der Waals surface area contributed by atoms with Gasteiger partial charge >= 0.3 is 0 Å². The fourth-order valence-electron chi connectivity index (χ4n) is 2.31. The summed E-state index contributed by atoms with van der Waals surface area (Å²) in [6.45, 7) is 13.3. The van der Waals surface area contributed by atoms with Gasteiger partial charge in [-0.1, -0.05) is 46.8 Å². The van der Waals surface area contributed by atoms with E-state index in [1.807, 2.05) is 6.92 Å². The first-order valence-corrected chi connectivity index (χ1v) is 6.47. The Morgan fingerprint density at radius 3 is 2.25 bits per heavy atom. The van der Waals surface area contributed by atoms with Gasteiger partial charge in [-0.25, -0.2) is 0 Å². The van der Waals surface area contributed by atoms with Gasteiger partial charge in [0, 0.05) is 0 Å². The maximum absolute atomic E-state index is 9.75. The lowest BCUT2D eigenvalue weighted by Crippen LogP contribution is -2.34. The second kappa shape index (κ2) is 4.18. The lowest BCUT2D eigenvalue weighted by Gasteiger charge is -2.41. The van der Waals surface area contributed by atoms with Crippen LogP contribution < -0.4 is 0 Å². The summed E-state index contributed by atoms with van der Waals surface area (Å²) in [7, 11) is 0. The van der Waals surface area contributed by atoms with Crippen LogP contribution in [0.2, 0.25) is 0 Å². The Balaban J connectivity index is 2.63. The molecule has 0 aliphatic heterocycles. The molecule has 1 rings (SSSR count). The predicted molar refractivity (Wildman–Crippen MR) is 70.3 cm³/mol. The average molecular weight is 224 g/mol. The molecule has 16 heavy (non-hydrogen) atoms. The molecular weight excluding hydrogens is 196 g/mol.